The first-order chi connectivity index (χ1) is 7.65. The van der Waals surface area contributed by atoms with E-state index in [1.807, 2.05) is 0 Å². The third kappa shape index (κ3) is 2.72. The van der Waals surface area contributed by atoms with Gasteiger partial charge in [-0.3, -0.25) is 9.59 Å². The highest BCUT2D eigenvalue weighted by molar-refractivity contribution is 5.90. The van der Waals surface area contributed by atoms with Crippen molar-refractivity contribution in [3.63, 3.8) is 0 Å². The number of nitrogens with one attached hydrogen (secondary N) is 2. The maximum absolute atomic E-state index is 11.8. The van der Waals surface area contributed by atoms with E-state index in [0.29, 0.717) is 12.8 Å². The summed E-state index contributed by atoms with van der Waals surface area (Å²) < 4.78 is 0. The molecule has 0 aromatic carbocycles. The molecule has 2 aliphatic heterocycles. The van der Waals surface area contributed by atoms with E-state index in [9.17, 15) is 9.59 Å². The number of hydrogen-bond acceptors (Lipinski definition) is 3. The van der Waals surface area contributed by atoms with E-state index in [0.717, 1.165) is 25.9 Å². The van der Waals surface area contributed by atoms with Crippen molar-refractivity contribution in [3.8, 4) is 0 Å². The van der Waals surface area contributed by atoms with Gasteiger partial charge in [0.15, 0.2) is 0 Å². The molecule has 16 heavy (non-hydrogen) atoms. The van der Waals surface area contributed by atoms with Gasteiger partial charge in [-0.1, -0.05) is 0 Å². The number of nitrogens with zero attached hydrogens (tertiary/aromatic N) is 1. The van der Waals surface area contributed by atoms with Crippen molar-refractivity contribution in [2.45, 2.75) is 37.8 Å². The van der Waals surface area contributed by atoms with Gasteiger partial charge in [0.2, 0.25) is 11.8 Å². The van der Waals surface area contributed by atoms with E-state index >= 15 is 0 Å². The van der Waals surface area contributed by atoms with Gasteiger partial charge >= 0.3 is 0 Å². The standard InChI is InChI=1S/C11H19N3O2/c1-14-6-4-8(5-7-14)12-11(16)9-2-3-10(15)13-9/h8-9H,2-7H2,1H3,(H,12,16)(H,13,15). The van der Waals surface area contributed by atoms with Gasteiger partial charge in [0.1, 0.15) is 6.04 Å². The lowest BCUT2D eigenvalue weighted by atomic mass is 10.0. The van der Waals surface area contributed by atoms with Gasteiger partial charge in [-0.15, -0.1) is 0 Å². The Balaban J connectivity index is 1.77. The van der Waals surface area contributed by atoms with Crippen LogP contribution in [0.3, 0.4) is 0 Å². The molecule has 1 atom stereocenters. The molecule has 2 rings (SSSR count). The van der Waals surface area contributed by atoms with Gasteiger partial charge in [0, 0.05) is 12.5 Å². The minimum atomic E-state index is -0.299. The molecule has 0 saturated carbocycles. The molecule has 0 bridgehead atoms. The minimum Gasteiger partial charge on any atom is -0.351 e. The van der Waals surface area contributed by atoms with Crippen LogP contribution in [0.1, 0.15) is 25.7 Å². The number of amides is 2. The zero-order valence-corrected chi connectivity index (χ0v) is 9.66. The van der Waals surface area contributed by atoms with E-state index in [2.05, 4.69) is 22.6 Å². The summed E-state index contributed by atoms with van der Waals surface area (Å²) in [7, 11) is 2.09. The fourth-order valence-electron chi connectivity index (χ4n) is 2.27. The highest BCUT2D eigenvalue weighted by atomic mass is 16.2. The molecule has 2 fully saturated rings. The van der Waals surface area contributed by atoms with Crippen LogP contribution in [0.15, 0.2) is 0 Å². The van der Waals surface area contributed by atoms with Crippen LogP contribution in [0, 0.1) is 0 Å². The summed E-state index contributed by atoms with van der Waals surface area (Å²) in [5.74, 6) is -0.0241. The van der Waals surface area contributed by atoms with Crippen LogP contribution in [-0.4, -0.2) is 48.9 Å². The molecular weight excluding hydrogens is 206 g/mol. The van der Waals surface area contributed by atoms with Gasteiger partial charge in [-0.2, -0.15) is 0 Å². The maximum atomic E-state index is 11.8. The van der Waals surface area contributed by atoms with E-state index in [-0.39, 0.29) is 23.9 Å². The van der Waals surface area contributed by atoms with Gasteiger partial charge in [-0.25, -0.2) is 0 Å². The summed E-state index contributed by atoms with van der Waals surface area (Å²) in [6, 6.07) is -0.0200. The number of rotatable bonds is 2. The Morgan fingerprint density at radius 1 is 1.38 bits per heavy atom. The number of piperidine rings is 1. The van der Waals surface area contributed by atoms with Crippen molar-refractivity contribution < 1.29 is 9.59 Å². The molecule has 5 nitrogen and oxygen atoms in total. The second-order valence-corrected chi connectivity index (χ2v) is 4.74. The summed E-state index contributed by atoms with van der Waals surface area (Å²) in [6.07, 6.45) is 3.12. The first-order valence-electron chi connectivity index (χ1n) is 5.93. The van der Waals surface area contributed by atoms with Gasteiger partial charge in [0.25, 0.3) is 0 Å². The molecule has 0 aromatic heterocycles. The van der Waals surface area contributed by atoms with Crippen molar-refractivity contribution in [3.05, 3.63) is 0 Å². The van der Waals surface area contributed by atoms with Crippen molar-refractivity contribution in [1.82, 2.24) is 15.5 Å². The molecule has 2 heterocycles. The molecule has 2 amide bonds. The normalized spacial score (nSPS) is 27.8. The molecule has 90 valence electrons. The van der Waals surface area contributed by atoms with Crippen molar-refractivity contribution in [2.75, 3.05) is 20.1 Å². The van der Waals surface area contributed by atoms with Crippen LogP contribution < -0.4 is 10.6 Å². The van der Waals surface area contributed by atoms with Crippen LogP contribution in [0.25, 0.3) is 0 Å². The number of carbonyl (C=O) groups is 2. The highest BCUT2D eigenvalue weighted by Crippen LogP contribution is 2.11. The van der Waals surface area contributed by atoms with Gasteiger partial charge in [-0.05, 0) is 39.4 Å². The summed E-state index contributed by atoms with van der Waals surface area (Å²) in [6.45, 7) is 2.06. The number of likely N-dealkylation sites (tertiary alicyclic amines) is 1. The monoisotopic (exact) mass is 225 g/mol. The molecular formula is C11H19N3O2. The van der Waals surface area contributed by atoms with Gasteiger partial charge in [0.05, 0.1) is 0 Å². The lowest BCUT2D eigenvalue weighted by Crippen LogP contribution is -2.49. The summed E-state index contributed by atoms with van der Waals surface area (Å²) in [5, 5.41) is 5.71. The molecule has 2 saturated heterocycles. The quantitative estimate of drug-likeness (QED) is 0.664. The lowest BCUT2D eigenvalue weighted by molar-refractivity contribution is -0.126. The molecule has 1 unspecified atom stereocenters. The van der Waals surface area contributed by atoms with Crippen LogP contribution >= 0.6 is 0 Å². The fourth-order valence-corrected chi connectivity index (χ4v) is 2.27. The van der Waals surface area contributed by atoms with Gasteiger partial charge < -0.3 is 15.5 Å². The lowest BCUT2D eigenvalue weighted by Gasteiger charge is -2.30. The van der Waals surface area contributed by atoms with E-state index < -0.39 is 0 Å². The SMILES string of the molecule is CN1CCC(NC(=O)C2CCC(=O)N2)CC1. The molecule has 2 aliphatic rings. The van der Waals surface area contributed by atoms with Crippen LogP contribution in [0.2, 0.25) is 0 Å². The molecule has 0 radical (unpaired) electrons. The zero-order valence-electron chi connectivity index (χ0n) is 9.66. The minimum absolute atomic E-state index is 0.0106. The zero-order chi connectivity index (χ0) is 11.5. The third-order valence-corrected chi connectivity index (χ3v) is 3.38. The predicted molar refractivity (Wildman–Crippen MR) is 59.8 cm³/mol. The summed E-state index contributed by atoms with van der Waals surface area (Å²) >= 11 is 0. The van der Waals surface area contributed by atoms with Crippen LogP contribution in [0.4, 0.5) is 0 Å². The van der Waals surface area contributed by atoms with E-state index in [1.165, 1.54) is 0 Å². The Labute approximate surface area is 95.6 Å². The Hall–Kier alpha value is -1.10. The third-order valence-electron chi connectivity index (χ3n) is 3.38. The number of hydrogen-bond donors (Lipinski definition) is 2. The van der Waals surface area contributed by atoms with E-state index in [4.69, 9.17) is 0 Å². The largest absolute Gasteiger partial charge is 0.351 e. The Kier molecular flexibility index (Phi) is 3.43. The van der Waals surface area contributed by atoms with Crippen LogP contribution in [-0.2, 0) is 9.59 Å². The Morgan fingerprint density at radius 3 is 2.62 bits per heavy atom. The maximum Gasteiger partial charge on any atom is 0.242 e. The van der Waals surface area contributed by atoms with Crippen molar-refractivity contribution >= 4 is 11.8 Å². The van der Waals surface area contributed by atoms with Crippen molar-refractivity contribution in [2.24, 2.45) is 0 Å². The second-order valence-electron chi connectivity index (χ2n) is 4.74. The molecule has 0 spiro atoms. The first-order valence-corrected chi connectivity index (χ1v) is 5.93. The molecule has 5 heteroatoms. The van der Waals surface area contributed by atoms with E-state index in [1.54, 1.807) is 0 Å². The first kappa shape index (κ1) is 11.4. The van der Waals surface area contributed by atoms with Crippen LogP contribution in [0.5, 0.6) is 0 Å². The smallest absolute Gasteiger partial charge is 0.242 e. The Morgan fingerprint density at radius 2 is 2.06 bits per heavy atom. The summed E-state index contributed by atoms with van der Waals surface area (Å²) in [5.41, 5.74) is 0. The summed E-state index contributed by atoms with van der Waals surface area (Å²) in [4.78, 5) is 25.1. The topological polar surface area (TPSA) is 61.4 Å². The average Bonchev–Trinajstić information content (AvgIpc) is 2.68. The van der Waals surface area contributed by atoms with Crippen molar-refractivity contribution in [1.29, 1.82) is 0 Å². The average molecular weight is 225 g/mol. The fraction of sp³-hybridized carbons (Fsp3) is 0.818. The highest BCUT2D eigenvalue weighted by Gasteiger charge is 2.29. The molecule has 2 N–H and O–H groups in total. The molecule has 0 aromatic rings. The predicted octanol–water partition coefficient (Wildman–Crippen LogP) is -0.525. The Bertz CT molecular complexity index is 285. The second kappa shape index (κ2) is 4.82. The number of carbonyl (C=O) groups excluding carboxylic acids is 2. The molecule has 0 aliphatic carbocycles.